The standard InChI is InChI=1S/C16H22N2O3S/c19-16(17-14-7-1-2-8-14)13-6-5-9-15(12-13)18-10-3-4-11-22(18,20)21/h5-6,9,12,14H,1-4,7-8,10-11H2,(H,17,19). The lowest BCUT2D eigenvalue weighted by Crippen LogP contribution is -2.38. The summed E-state index contributed by atoms with van der Waals surface area (Å²) in [6.07, 6.45) is 5.96. The van der Waals surface area contributed by atoms with E-state index in [-0.39, 0.29) is 17.7 Å². The monoisotopic (exact) mass is 322 g/mol. The lowest BCUT2D eigenvalue weighted by Gasteiger charge is -2.28. The Hall–Kier alpha value is -1.56. The summed E-state index contributed by atoms with van der Waals surface area (Å²) in [7, 11) is -3.24. The van der Waals surface area contributed by atoms with Crippen molar-refractivity contribution in [1.82, 2.24) is 5.32 Å². The van der Waals surface area contributed by atoms with Crippen LogP contribution >= 0.6 is 0 Å². The Labute approximate surface area is 131 Å². The Kier molecular flexibility index (Phi) is 4.38. The van der Waals surface area contributed by atoms with Crippen LogP contribution in [0.15, 0.2) is 24.3 Å². The molecular formula is C16H22N2O3S. The van der Waals surface area contributed by atoms with E-state index >= 15 is 0 Å². The van der Waals surface area contributed by atoms with Crippen molar-refractivity contribution in [1.29, 1.82) is 0 Å². The number of benzene rings is 1. The average molecular weight is 322 g/mol. The lowest BCUT2D eigenvalue weighted by atomic mass is 10.1. The van der Waals surface area contributed by atoms with E-state index in [4.69, 9.17) is 0 Å². The van der Waals surface area contributed by atoms with Gasteiger partial charge in [-0.1, -0.05) is 18.9 Å². The molecule has 5 nitrogen and oxygen atoms in total. The van der Waals surface area contributed by atoms with Gasteiger partial charge in [-0.25, -0.2) is 8.42 Å². The fourth-order valence-electron chi connectivity index (χ4n) is 3.22. The van der Waals surface area contributed by atoms with Crippen molar-refractivity contribution < 1.29 is 13.2 Å². The smallest absolute Gasteiger partial charge is 0.251 e. The fraction of sp³-hybridized carbons (Fsp3) is 0.562. The van der Waals surface area contributed by atoms with Gasteiger partial charge in [0.1, 0.15) is 0 Å². The maximum atomic E-state index is 12.3. The maximum absolute atomic E-state index is 12.3. The summed E-state index contributed by atoms with van der Waals surface area (Å²) in [4.78, 5) is 12.3. The maximum Gasteiger partial charge on any atom is 0.251 e. The van der Waals surface area contributed by atoms with Crippen molar-refractivity contribution in [2.45, 2.75) is 44.6 Å². The first-order chi connectivity index (χ1) is 10.6. The molecule has 3 rings (SSSR count). The molecule has 1 aliphatic carbocycles. The van der Waals surface area contributed by atoms with Crippen molar-refractivity contribution in [3.63, 3.8) is 0 Å². The summed E-state index contributed by atoms with van der Waals surface area (Å²) in [5.74, 6) is 0.0778. The molecule has 6 heteroatoms. The number of amides is 1. The summed E-state index contributed by atoms with van der Waals surface area (Å²) < 4.78 is 25.8. The number of hydrogen-bond donors (Lipinski definition) is 1. The van der Waals surface area contributed by atoms with Crippen LogP contribution in [0.1, 0.15) is 48.9 Å². The summed E-state index contributed by atoms with van der Waals surface area (Å²) >= 11 is 0. The molecule has 2 fully saturated rings. The molecule has 0 radical (unpaired) electrons. The number of nitrogens with one attached hydrogen (secondary N) is 1. The van der Waals surface area contributed by atoms with Gasteiger partial charge in [-0.05, 0) is 43.9 Å². The zero-order valence-corrected chi connectivity index (χ0v) is 13.4. The predicted octanol–water partition coefficient (Wildman–Crippen LogP) is 2.29. The van der Waals surface area contributed by atoms with Crippen molar-refractivity contribution in [2.75, 3.05) is 16.6 Å². The van der Waals surface area contributed by atoms with Gasteiger partial charge in [-0.3, -0.25) is 9.10 Å². The van der Waals surface area contributed by atoms with E-state index in [1.807, 2.05) is 0 Å². The van der Waals surface area contributed by atoms with Crippen molar-refractivity contribution in [3.05, 3.63) is 29.8 Å². The number of nitrogens with zero attached hydrogens (tertiary/aromatic N) is 1. The molecule has 1 saturated carbocycles. The van der Waals surface area contributed by atoms with E-state index in [2.05, 4.69) is 5.32 Å². The van der Waals surface area contributed by atoms with Gasteiger partial charge in [0.05, 0.1) is 11.4 Å². The van der Waals surface area contributed by atoms with Gasteiger partial charge >= 0.3 is 0 Å². The molecule has 2 aliphatic rings. The molecule has 22 heavy (non-hydrogen) atoms. The van der Waals surface area contributed by atoms with Crippen molar-refractivity contribution in [2.24, 2.45) is 0 Å². The Morgan fingerprint density at radius 3 is 2.64 bits per heavy atom. The van der Waals surface area contributed by atoms with E-state index in [1.165, 1.54) is 4.31 Å². The van der Waals surface area contributed by atoms with Crippen LogP contribution in [0.4, 0.5) is 5.69 Å². The molecule has 1 amide bonds. The normalized spacial score (nSPS) is 21.7. The van der Waals surface area contributed by atoms with Crippen LogP contribution in [0.3, 0.4) is 0 Å². The third-order valence-electron chi connectivity index (χ3n) is 4.44. The van der Waals surface area contributed by atoms with E-state index in [1.54, 1.807) is 24.3 Å². The zero-order chi connectivity index (χ0) is 15.6. The minimum Gasteiger partial charge on any atom is -0.349 e. The molecule has 1 saturated heterocycles. The number of sulfonamides is 1. The van der Waals surface area contributed by atoms with Crippen LogP contribution in [0, 0.1) is 0 Å². The van der Waals surface area contributed by atoms with Gasteiger partial charge in [0.15, 0.2) is 0 Å². The molecule has 1 heterocycles. The quantitative estimate of drug-likeness (QED) is 0.928. The summed E-state index contributed by atoms with van der Waals surface area (Å²) in [5, 5.41) is 3.04. The number of rotatable bonds is 3. The molecule has 1 N–H and O–H groups in total. The molecule has 0 unspecified atom stereocenters. The Balaban J connectivity index is 1.78. The molecule has 0 atom stereocenters. The highest BCUT2D eigenvalue weighted by Gasteiger charge is 2.26. The predicted molar refractivity (Wildman–Crippen MR) is 86.5 cm³/mol. The van der Waals surface area contributed by atoms with Crippen LogP contribution in [-0.2, 0) is 10.0 Å². The van der Waals surface area contributed by atoms with E-state index in [9.17, 15) is 13.2 Å². The topological polar surface area (TPSA) is 66.5 Å². The third-order valence-corrected chi connectivity index (χ3v) is 6.31. The van der Waals surface area contributed by atoms with E-state index in [0.717, 1.165) is 32.1 Å². The number of anilines is 1. The second-order valence-electron chi connectivity index (χ2n) is 6.10. The Morgan fingerprint density at radius 1 is 1.14 bits per heavy atom. The summed E-state index contributed by atoms with van der Waals surface area (Å²) in [6, 6.07) is 7.20. The lowest BCUT2D eigenvalue weighted by molar-refractivity contribution is 0.0938. The van der Waals surface area contributed by atoms with Gasteiger partial charge in [-0.2, -0.15) is 0 Å². The van der Waals surface area contributed by atoms with Gasteiger partial charge in [0.2, 0.25) is 10.0 Å². The number of hydrogen-bond acceptors (Lipinski definition) is 3. The Morgan fingerprint density at radius 2 is 1.91 bits per heavy atom. The molecule has 120 valence electrons. The molecular weight excluding hydrogens is 300 g/mol. The number of carbonyl (C=O) groups is 1. The van der Waals surface area contributed by atoms with Gasteiger partial charge in [-0.15, -0.1) is 0 Å². The highest BCUT2D eigenvalue weighted by Crippen LogP contribution is 2.25. The highest BCUT2D eigenvalue weighted by molar-refractivity contribution is 7.92. The fourth-order valence-corrected chi connectivity index (χ4v) is 4.85. The molecule has 0 aromatic heterocycles. The summed E-state index contributed by atoms with van der Waals surface area (Å²) in [5.41, 5.74) is 1.13. The third kappa shape index (κ3) is 3.27. The minimum absolute atomic E-state index is 0.108. The Bertz CT molecular complexity index is 651. The molecule has 1 aromatic carbocycles. The second kappa shape index (κ2) is 6.28. The first-order valence-electron chi connectivity index (χ1n) is 7.98. The van der Waals surface area contributed by atoms with Crippen LogP contribution in [0.25, 0.3) is 0 Å². The minimum atomic E-state index is -3.24. The van der Waals surface area contributed by atoms with Crippen LogP contribution in [0.5, 0.6) is 0 Å². The molecule has 1 aromatic rings. The second-order valence-corrected chi connectivity index (χ2v) is 8.11. The van der Waals surface area contributed by atoms with Crippen LogP contribution in [0.2, 0.25) is 0 Å². The van der Waals surface area contributed by atoms with Crippen LogP contribution in [-0.4, -0.2) is 32.7 Å². The molecule has 1 aliphatic heterocycles. The van der Waals surface area contributed by atoms with Gasteiger partial charge in [0.25, 0.3) is 5.91 Å². The van der Waals surface area contributed by atoms with E-state index in [0.29, 0.717) is 24.2 Å². The van der Waals surface area contributed by atoms with Crippen molar-refractivity contribution >= 4 is 21.6 Å². The average Bonchev–Trinajstić information content (AvgIpc) is 3.00. The largest absolute Gasteiger partial charge is 0.349 e. The van der Waals surface area contributed by atoms with Gasteiger partial charge < -0.3 is 5.32 Å². The first-order valence-corrected chi connectivity index (χ1v) is 9.58. The summed E-state index contributed by atoms with van der Waals surface area (Å²) in [6.45, 7) is 0.496. The van der Waals surface area contributed by atoms with E-state index < -0.39 is 10.0 Å². The van der Waals surface area contributed by atoms with Crippen molar-refractivity contribution in [3.8, 4) is 0 Å². The first kappa shape index (κ1) is 15.3. The van der Waals surface area contributed by atoms with Gasteiger partial charge in [0, 0.05) is 18.2 Å². The molecule has 0 bridgehead atoms. The highest BCUT2D eigenvalue weighted by atomic mass is 32.2. The SMILES string of the molecule is O=C(NC1CCCC1)c1cccc(N2CCCCS2(=O)=O)c1. The molecule has 0 spiro atoms. The zero-order valence-electron chi connectivity index (χ0n) is 12.6. The number of carbonyl (C=O) groups excluding carboxylic acids is 1. The van der Waals surface area contributed by atoms with Crippen LogP contribution < -0.4 is 9.62 Å².